The zero-order valence-electron chi connectivity index (χ0n) is 13.1. The highest BCUT2D eigenvalue weighted by Gasteiger charge is 2.41. The first-order valence-corrected chi connectivity index (χ1v) is 8.12. The monoisotopic (exact) mass is 329 g/mol. The summed E-state index contributed by atoms with van der Waals surface area (Å²) in [6, 6.07) is 5.70. The van der Waals surface area contributed by atoms with Crippen LogP contribution in [0.4, 0.5) is 4.79 Å². The minimum absolute atomic E-state index is 0.0751. The Morgan fingerprint density at radius 3 is 2.75 bits per heavy atom. The maximum atomic E-state index is 12.9. The van der Waals surface area contributed by atoms with Crippen molar-refractivity contribution in [2.45, 2.75) is 25.0 Å². The number of benzene rings is 1. The molecule has 0 bridgehead atoms. The van der Waals surface area contributed by atoms with Crippen LogP contribution in [-0.4, -0.2) is 47.7 Å². The van der Waals surface area contributed by atoms with E-state index in [1.54, 1.807) is 29.2 Å². The van der Waals surface area contributed by atoms with Crippen LogP contribution in [0.2, 0.25) is 0 Å². The van der Waals surface area contributed by atoms with Crippen LogP contribution in [0.1, 0.15) is 24.4 Å². The Labute approximate surface area is 139 Å². The molecule has 126 valence electrons. The first-order valence-electron chi connectivity index (χ1n) is 8.12. The Balaban J connectivity index is 1.60. The summed E-state index contributed by atoms with van der Waals surface area (Å²) in [5.74, 6) is 0.0667. The molecule has 3 amide bonds. The zero-order chi connectivity index (χ0) is 16.7. The van der Waals surface area contributed by atoms with Gasteiger partial charge in [0.25, 0.3) is 5.91 Å². The molecule has 0 spiro atoms. The molecule has 0 aromatic heterocycles. The fourth-order valence-electron chi connectivity index (χ4n) is 3.53. The predicted molar refractivity (Wildman–Crippen MR) is 85.1 cm³/mol. The normalized spacial score (nSPS) is 26.4. The summed E-state index contributed by atoms with van der Waals surface area (Å²) >= 11 is 0. The molecule has 3 aliphatic heterocycles. The fourth-order valence-corrected chi connectivity index (χ4v) is 3.53. The number of nitrogens with one attached hydrogen (secondary N) is 2. The van der Waals surface area contributed by atoms with E-state index in [1.165, 1.54) is 0 Å². The minimum atomic E-state index is -0.503. The molecule has 0 aliphatic carbocycles. The summed E-state index contributed by atoms with van der Waals surface area (Å²) in [6.07, 6.45) is 2.06. The van der Waals surface area contributed by atoms with Gasteiger partial charge in [-0.05, 0) is 30.5 Å². The van der Waals surface area contributed by atoms with Crippen molar-refractivity contribution >= 4 is 11.9 Å². The maximum Gasteiger partial charge on any atom is 0.319 e. The van der Waals surface area contributed by atoms with E-state index < -0.39 is 6.04 Å². The van der Waals surface area contributed by atoms with Crippen LogP contribution in [0.25, 0.3) is 0 Å². The Bertz CT molecular complexity index is 707. The van der Waals surface area contributed by atoms with Crippen molar-refractivity contribution in [3.05, 3.63) is 41.1 Å². The first-order chi connectivity index (χ1) is 11.6. The number of ether oxygens (including phenoxy) is 1. The van der Waals surface area contributed by atoms with Gasteiger partial charge in [0.1, 0.15) is 5.75 Å². The Morgan fingerprint density at radius 1 is 1.25 bits per heavy atom. The van der Waals surface area contributed by atoms with Gasteiger partial charge in [-0.2, -0.15) is 0 Å². The van der Waals surface area contributed by atoms with E-state index in [9.17, 15) is 14.7 Å². The molecule has 0 saturated carbocycles. The average molecular weight is 329 g/mol. The summed E-state index contributed by atoms with van der Waals surface area (Å²) in [5, 5.41) is 15.0. The van der Waals surface area contributed by atoms with Crippen LogP contribution in [0.3, 0.4) is 0 Å². The number of amides is 3. The van der Waals surface area contributed by atoms with Gasteiger partial charge in [-0.1, -0.05) is 12.1 Å². The van der Waals surface area contributed by atoms with Gasteiger partial charge in [-0.3, -0.25) is 4.79 Å². The number of hydrogen-bond donors (Lipinski definition) is 3. The topological polar surface area (TPSA) is 90.9 Å². The lowest BCUT2D eigenvalue weighted by Crippen LogP contribution is -2.44. The summed E-state index contributed by atoms with van der Waals surface area (Å²) in [6.45, 7) is 1.69. The largest absolute Gasteiger partial charge is 0.508 e. The van der Waals surface area contributed by atoms with E-state index in [1.807, 2.05) is 0 Å². The quantitative estimate of drug-likeness (QED) is 0.772. The number of aromatic hydroxyl groups is 1. The molecule has 7 nitrogen and oxygen atoms in total. The number of rotatable bonds is 3. The summed E-state index contributed by atoms with van der Waals surface area (Å²) in [5.41, 5.74) is 1.99. The van der Waals surface area contributed by atoms with E-state index in [0.29, 0.717) is 24.4 Å². The predicted octanol–water partition coefficient (Wildman–Crippen LogP) is 1.02. The number of urea groups is 1. The third kappa shape index (κ3) is 2.60. The van der Waals surface area contributed by atoms with Gasteiger partial charge in [0, 0.05) is 13.2 Å². The average Bonchev–Trinajstić information content (AvgIpc) is 3.17. The molecule has 1 aromatic rings. The maximum absolute atomic E-state index is 12.9. The SMILES string of the molecule is O=C1NC2=C(C(=O)N(C[C@H]3CCCO3)C2)[C@@H](c2ccc(O)cc2)N1. The van der Waals surface area contributed by atoms with Crippen LogP contribution in [0, 0.1) is 0 Å². The number of carbonyl (C=O) groups excluding carboxylic acids is 2. The van der Waals surface area contributed by atoms with Crippen LogP contribution in [-0.2, 0) is 9.53 Å². The van der Waals surface area contributed by atoms with Gasteiger partial charge in [0.2, 0.25) is 0 Å². The van der Waals surface area contributed by atoms with Crippen LogP contribution in [0.5, 0.6) is 5.75 Å². The highest BCUT2D eigenvalue weighted by Crippen LogP contribution is 2.33. The molecule has 1 saturated heterocycles. The van der Waals surface area contributed by atoms with Gasteiger partial charge in [-0.15, -0.1) is 0 Å². The summed E-state index contributed by atoms with van der Waals surface area (Å²) in [7, 11) is 0. The standard InChI is InChI=1S/C17H19N3O4/c21-11-5-3-10(4-6-11)15-14-13(18-17(23)19-15)9-20(16(14)22)8-12-2-1-7-24-12/h3-6,12,15,21H,1-2,7-9H2,(H2,18,19,23)/t12-,15-/m1/s1. The third-order valence-electron chi connectivity index (χ3n) is 4.69. The lowest BCUT2D eigenvalue weighted by atomic mass is 9.96. The van der Waals surface area contributed by atoms with E-state index in [0.717, 1.165) is 25.0 Å². The van der Waals surface area contributed by atoms with Crippen LogP contribution in [0.15, 0.2) is 35.5 Å². The van der Waals surface area contributed by atoms with Crippen molar-refractivity contribution in [1.29, 1.82) is 0 Å². The van der Waals surface area contributed by atoms with Crippen molar-refractivity contribution in [3.63, 3.8) is 0 Å². The van der Waals surface area contributed by atoms with Gasteiger partial charge < -0.3 is 25.4 Å². The van der Waals surface area contributed by atoms with Gasteiger partial charge in [-0.25, -0.2) is 4.79 Å². The summed E-state index contributed by atoms with van der Waals surface area (Å²) in [4.78, 5) is 26.5. The van der Waals surface area contributed by atoms with Crippen molar-refractivity contribution in [2.24, 2.45) is 0 Å². The van der Waals surface area contributed by atoms with Gasteiger partial charge in [0.05, 0.1) is 30.0 Å². The molecule has 3 N–H and O–H groups in total. The second-order valence-electron chi connectivity index (χ2n) is 6.34. The van der Waals surface area contributed by atoms with Crippen molar-refractivity contribution in [3.8, 4) is 5.75 Å². The lowest BCUT2D eigenvalue weighted by molar-refractivity contribution is -0.127. The van der Waals surface area contributed by atoms with E-state index in [-0.39, 0.29) is 23.8 Å². The fraction of sp³-hybridized carbons (Fsp3) is 0.412. The molecule has 0 unspecified atom stereocenters. The highest BCUT2D eigenvalue weighted by atomic mass is 16.5. The molecule has 7 heteroatoms. The Kier molecular flexibility index (Phi) is 3.65. The van der Waals surface area contributed by atoms with Crippen molar-refractivity contribution < 1.29 is 19.4 Å². The van der Waals surface area contributed by atoms with Crippen molar-refractivity contribution in [1.82, 2.24) is 15.5 Å². The number of phenols is 1. The minimum Gasteiger partial charge on any atom is -0.508 e. The second-order valence-corrected chi connectivity index (χ2v) is 6.34. The van der Waals surface area contributed by atoms with E-state index in [4.69, 9.17) is 4.74 Å². The second kappa shape index (κ2) is 5.83. The first kappa shape index (κ1) is 15.0. The number of carbonyl (C=O) groups is 2. The zero-order valence-corrected chi connectivity index (χ0v) is 13.1. The highest BCUT2D eigenvalue weighted by molar-refractivity contribution is 6.01. The third-order valence-corrected chi connectivity index (χ3v) is 4.69. The van der Waals surface area contributed by atoms with E-state index >= 15 is 0 Å². The smallest absolute Gasteiger partial charge is 0.319 e. The Morgan fingerprint density at radius 2 is 2.04 bits per heavy atom. The summed E-state index contributed by atoms with van der Waals surface area (Å²) < 4.78 is 5.62. The molecule has 0 radical (unpaired) electrons. The molecule has 4 rings (SSSR count). The molecular weight excluding hydrogens is 310 g/mol. The number of phenolic OH excluding ortho intramolecular Hbond substituents is 1. The lowest BCUT2D eigenvalue weighted by Gasteiger charge is -2.25. The molecule has 3 heterocycles. The molecule has 24 heavy (non-hydrogen) atoms. The molecule has 2 atom stereocenters. The molecule has 1 aromatic carbocycles. The van der Waals surface area contributed by atoms with E-state index in [2.05, 4.69) is 10.6 Å². The van der Waals surface area contributed by atoms with Crippen molar-refractivity contribution in [2.75, 3.05) is 19.7 Å². The van der Waals surface area contributed by atoms with Gasteiger partial charge in [0.15, 0.2) is 0 Å². The Hall–Kier alpha value is -2.54. The molecule has 1 fully saturated rings. The molecular formula is C17H19N3O4. The molecule has 3 aliphatic rings. The number of nitrogens with zero attached hydrogens (tertiary/aromatic N) is 1. The van der Waals surface area contributed by atoms with Crippen LogP contribution < -0.4 is 10.6 Å². The van der Waals surface area contributed by atoms with Gasteiger partial charge >= 0.3 is 6.03 Å². The number of hydrogen-bond acceptors (Lipinski definition) is 4. The van der Waals surface area contributed by atoms with Crippen LogP contribution >= 0.6 is 0 Å².